The third-order valence-electron chi connectivity index (χ3n) is 3.54. The smallest absolute Gasteiger partial charge is 0.338 e. The van der Waals surface area contributed by atoms with Gasteiger partial charge in [0.15, 0.2) is 0 Å². The molecule has 0 aliphatic carbocycles. The lowest BCUT2D eigenvalue weighted by molar-refractivity contribution is 0.0697. The fourth-order valence-electron chi connectivity index (χ4n) is 2.46. The van der Waals surface area contributed by atoms with E-state index < -0.39 is 5.97 Å². The second-order valence-corrected chi connectivity index (χ2v) is 5.22. The van der Waals surface area contributed by atoms with Crippen molar-refractivity contribution in [3.05, 3.63) is 46.8 Å². The van der Waals surface area contributed by atoms with Crippen LogP contribution in [0.1, 0.15) is 27.3 Å². The summed E-state index contributed by atoms with van der Waals surface area (Å²) in [7, 11) is 0. The fraction of sp³-hybridized carbons (Fsp3) is 0.188. The van der Waals surface area contributed by atoms with E-state index in [0.717, 1.165) is 11.1 Å². The normalized spacial score (nSPS) is 10.9. The first-order chi connectivity index (χ1) is 10.5. The number of aromatic carboxylic acids is 1. The van der Waals surface area contributed by atoms with Crippen LogP contribution in [0.4, 0.5) is 0 Å². The van der Waals surface area contributed by atoms with Crippen LogP contribution >= 0.6 is 0 Å². The van der Waals surface area contributed by atoms with E-state index in [1.807, 2.05) is 31.2 Å². The zero-order valence-corrected chi connectivity index (χ0v) is 12.5. The molecule has 3 aromatic rings. The van der Waals surface area contributed by atoms with E-state index in [2.05, 4.69) is 15.1 Å². The molecule has 0 fully saturated rings. The maximum Gasteiger partial charge on any atom is 0.338 e. The van der Waals surface area contributed by atoms with E-state index in [-0.39, 0.29) is 11.5 Å². The number of H-pyrrole nitrogens is 1. The lowest BCUT2D eigenvalue weighted by Gasteiger charge is -1.96. The molecule has 112 valence electrons. The summed E-state index contributed by atoms with van der Waals surface area (Å²) >= 11 is 0. The molecule has 0 aliphatic heterocycles. The topological polar surface area (TPSA) is 92.0 Å². The minimum absolute atomic E-state index is 0.164. The molecule has 0 unspecified atom stereocenters. The Labute approximate surface area is 126 Å². The average molecular weight is 297 g/mol. The Morgan fingerprint density at radius 3 is 2.45 bits per heavy atom. The van der Waals surface area contributed by atoms with Crippen LogP contribution in [0.5, 0.6) is 0 Å². The van der Waals surface area contributed by atoms with E-state index in [1.54, 1.807) is 13.8 Å². The monoisotopic (exact) mass is 297 g/mol. The maximum absolute atomic E-state index is 11.4. The highest BCUT2D eigenvalue weighted by Gasteiger charge is 2.24. The minimum atomic E-state index is -1.02. The summed E-state index contributed by atoms with van der Waals surface area (Å²) < 4.78 is 5.28. The third-order valence-corrected chi connectivity index (χ3v) is 3.54. The predicted molar refractivity (Wildman–Crippen MR) is 80.7 cm³/mol. The summed E-state index contributed by atoms with van der Waals surface area (Å²) in [6.07, 6.45) is 0. The van der Waals surface area contributed by atoms with E-state index >= 15 is 0 Å². The molecule has 0 aliphatic rings. The first kappa shape index (κ1) is 14.1. The van der Waals surface area contributed by atoms with Crippen LogP contribution in [0.2, 0.25) is 0 Å². The SMILES string of the molecule is Cc1ccc(-c2noc(-c3c(C)[nH]c(C)c3C(=O)O)n2)cc1. The Morgan fingerprint density at radius 1 is 1.14 bits per heavy atom. The number of rotatable bonds is 3. The zero-order chi connectivity index (χ0) is 15.9. The van der Waals surface area contributed by atoms with Gasteiger partial charge in [0, 0.05) is 17.0 Å². The van der Waals surface area contributed by atoms with Gasteiger partial charge in [0.05, 0.1) is 11.1 Å². The molecule has 0 radical (unpaired) electrons. The molecule has 0 atom stereocenters. The predicted octanol–water partition coefficient (Wildman–Crippen LogP) is 3.36. The quantitative estimate of drug-likeness (QED) is 0.773. The van der Waals surface area contributed by atoms with Gasteiger partial charge in [0.2, 0.25) is 5.82 Å². The van der Waals surface area contributed by atoms with E-state index in [4.69, 9.17) is 4.52 Å². The number of benzene rings is 1. The molecule has 0 amide bonds. The summed E-state index contributed by atoms with van der Waals surface area (Å²) in [5.41, 5.74) is 3.82. The first-order valence-electron chi connectivity index (χ1n) is 6.81. The summed E-state index contributed by atoms with van der Waals surface area (Å²) in [4.78, 5) is 18.8. The number of hydrogen-bond acceptors (Lipinski definition) is 4. The zero-order valence-electron chi connectivity index (χ0n) is 12.5. The molecular weight excluding hydrogens is 282 g/mol. The van der Waals surface area contributed by atoms with Gasteiger partial charge >= 0.3 is 5.97 Å². The van der Waals surface area contributed by atoms with E-state index in [9.17, 15) is 9.90 Å². The van der Waals surface area contributed by atoms with E-state index in [0.29, 0.717) is 22.8 Å². The van der Waals surface area contributed by atoms with Crippen molar-refractivity contribution < 1.29 is 14.4 Å². The Morgan fingerprint density at radius 2 is 1.82 bits per heavy atom. The van der Waals surface area contributed by atoms with Crippen molar-refractivity contribution >= 4 is 5.97 Å². The number of carboxylic acid groups (broad SMARTS) is 1. The molecule has 0 saturated heterocycles. The Hall–Kier alpha value is -2.89. The number of carboxylic acids is 1. The molecule has 2 aromatic heterocycles. The highest BCUT2D eigenvalue weighted by molar-refractivity contribution is 5.97. The van der Waals surface area contributed by atoms with Gasteiger partial charge in [-0.15, -0.1) is 0 Å². The molecule has 0 bridgehead atoms. The van der Waals surface area contributed by atoms with Gasteiger partial charge < -0.3 is 14.6 Å². The van der Waals surface area contributed by atoms with Crippen molar-refractivity contribution in [1.82, 2.24) is 15.1 Å². The maximum atomic E-state index is 11.4. The Balaban J connectivity index is 2.08. The van der Waals surface area contributed by atoms with Crippen LogP contribution in [0, 0.1) is 20.8 Å². The molecule has 0 spiro atoms. The molecule has 1 aromatic carbocycles. The molecule has 2 heterocycles. The summed E-state index contributed by atoms with van der Waals surface area (Å²) in [5, 5.41) is 13.3. The average Bonchev–Trinajstić information content (AvgIpc) is 3.03. The highest BCUT2D eigenvalue weighted by Crippen LogP contribution is 2.30. The Kier molecular flexibility index (Phi) is 3.29. The van der Waals surface area contributed by atoms with Gasteiger partial charge in [-0.3, -0.25) is 0 Å². The number of aromatic amines is 1. The number of aromatic nitrogens is 3. The summed E-state index contributed by atoms with van der Waals surface area (Å²) in [6.45, 7) is 5.48. The van der Waals surface area contributed by atoms with Crippen LogP contribution < -0.4 is 0 Å². The summed E-state index contributed by atoms with van der Waals surface area (Å²) in [5.74, 6) is -0.383. The molecule has 6 heteroatoms. The molecule has 0 saturated carbocycles. The second kappa shape index (κ2) is 5.14. The van der Waals surface area contributed by atoms with Gasteiger partial charge in [-0.25, -0.2) is 4.79 Å². The van der Waals surface area contributed by atoms with Crippen molar-refractivity contribution in [2.45, 2.75) is 20.8 Å². The van der Waals surface area contributed by atoms with Crippen LogP contribution in [0.25, 0.3) is 22.8 Å². The van der Waals surface area contributed by atoms with Crippen molar-refractivity contribution in [3.63, 3.8) is 0 Å². The third kappa shape index (κ3) is 2.28. The molecular formula is C16H15N3O3. The van der Waals surface area contributed by atoms with Crippen molar-refractivity contribution in [3.8, 4) is 22.8 Å². The van der Waals surface area contributed by atoms with Crippen LogP contribution in [0.15, 0.2) is 28.8 Å². The highest BCUT2D eigenvalue weighted by atomic mass is 16.5. The van der Waals surface area contributed by atoms with Crippen molar-refractivity contribution in [1.29, 1.82) is 0 Å². The molecule has 2 N–H and O–H groups in total. The van der Waals surface area contributed by atoms with Gasteiger partial charge in [0.1, 0.15) is 0 Å². The van der Waals surface area contributed by atoms with E-state index in [1.165, 1.54) is 0 Å². The number of carbonyl (C=O) groups is 1. The standard InChI is InChI=1S/C16H15N3O3/c1-8-4-6-11(7-5-8)14-18-15(22-19-14)12-9(2)17-10(3)13(12)16(20)21/h4-7,17H,1-3H3,(H,20,21). The lowest BCUT2D eigenvalue weighted by Crippen LogP contribution is -1.99. The second-order valence-electron chi connectivity index (χ2n) is 5.22. The lowest BCUT2D eigenvalue weighted by atomic mass is 10.1. The fourth-order valence-corrected chi connectivity index (χ4v) is 2.46. The number of nitrogens with one attached hydrogen (secondary N) is 1. The Bertz CT molecular complexity index is 844. The molecule has 22 heavy (non-hydrogen) atoms. The molecule has 6 nitrogen and oxygen atoms in total. The van der Waals surface area contributed by atoms with Crippen molar-refractivity contribution in [2.75, 3.05) is 0 Å². The van der Waals surface area contributed by atoms with Crippen LogP contribution in [0.3, 0.4) is 0 Å². The largest absolute Gasteiger partial charge is 0.478 e. The molecule has 3 rings (SSSR count). The van der Waals surface area contributed by atoms with Gasteiger partial charge in [-0.2, -0.15) is 4.98 Å². The van der Waals surface area contributed by atoms with Crippen LogP contribution in [-0.2, 0) is 0 Å². The van der Waals surface area contributed by atoms with Gasteiger partial charge in [-0.1, -0.05) is 35.0 Å². The van der Waals surface area contributed by atoms with Crippen LogP contribution in [-0.4, -0.2) is 26.2 Å². The number of nitrogens with zero attached hydrogens (tertiary/aromatic N) is 2. The van der Waals surface area contributed by atoms with Crippen molar-refractivity contribution in [2.24, 2.45) is 0 Å². The minimum Gasteiger partial charge on any atom is -0.478 e. The first-order valence-corrected chi connectivity index (χ1v) is 6.81. The summed E-state index contributed by atoms with van der Waals surface area (Å²) in [6, 6.07) is 7.72. The van der Waals surface area contributed by atoms with Gasteiger partial charge in [-0.05, 0) is 20.8 Å². The number of aryl methyl sites for hydroxylation is 3. The van der Waals surface area contributed by atoms with Gasteiger partial charge in [0.25, 0.3) is 5.89 Å². The number of hydrogen-bond donors (Lipinski definition) is 2.